The number of aryl methyl sites for hydroxylation is 1. The Kier molecular flexibility index (Phi) is 7.11. The first-order valence-corrected chi connectivity index (χ1v) is 11.4. The molecule has 33 heavy (non-hydrogen) atoms. The fourth-order valence-corrected chi connectivity index (χ4v) is 4.22. The number of hydrogen-bond donors (Lipinski definition) is 1. The van der Waals surface area contributed by atoms with Crippen LogP contribution in [0, 0.1) is 6.92 Å². The first-order valence-electron chi connectivity index (χ1n) is 11.0. The van der Waals surface area contributed by atoms with E-state index < -0.39 is 0 Å². The molecule has 0 bridgehead atoms. The number of amides is 2. The molecule has 1 aliphatic rings. The summed E-state index contributed by atoms with van der Waals surface area (Å²) in [5, 5.41) is 7.68. The summed E-state index contributed by atoms with van der Waals surface area (Å²) < 4.78 is 1.64. The predicted molar refractivity (Wildman–Crippen MR) is 129 cm³/mol. The van der Waals surface area contributed by atoms with Crippen molar-refractivity contribution in [2.45, 2.75) is 20.0 Å². The van der Waals surface area contributed by atoms with E-state index in [-0.39, 0.29) is 11.8 Å². The Morgan fingerprint density at radius 1 is 0.970 bits per heavy atom. The van der Waals surface area contributed by atoms with Crippen molar-refractivity contribution in [1.82, 2.24) is 24.9 Å². The highest BCUT2D eigenvalue weighted by molar-refractivity contribution is 6.33. The summed E-state index contributed by atoms with van der Waals surface area (Å²) in [5.41, 5.74) is 3.59. The van der Waals surface area contributed by atoms with Crippen LogP contribution in [0.3, 0.4) is 0 Å². The van der Waals surface area contributed by atoms with Crippen molar-refractivity contribution in [3.63, 3.8) is 0 Å². The smallest absolute Gasteiger partial charge is 0.256 e. The van der Waals surface area contributed by atoms with E-state index in [9.17, 15) is 9.59 Å². The van der Waals surface area contributed by atoms with Gasteiger partial charge in [0.25, 0.3) is 11.8 Å². The van der Waals surface area contributed by atoms with Gasteiger partial charge in [0, 0.05) is 38.3 Å². The Bertz CT molecular complexity index is 1120. The van der Waals surface area contributed by atoms with Crippen molar-refractivity contribution in [3.8, 4) is 0 Å². The van der Waals surface area contributed by atoms with Gasteiger partial charge < -0.3 is 15.1 Å². The molecule has 0 aliphatic carbocycles. The fourth-order valence-electron chi connectivity index (χ4n) is 3.90. The number of likely N-dealkylation sites (N-methyl/N-ethyl adjacent to an activating group) is 1. The monoisotopic (exact) mass is 465 g/mol. The van der Waals surface area contributed by atoms with Gasteiger partial charge in [-0.2, -0.15) is 5.10 Å². The molecular formula is C25H28ClN5O2. The van der Waals surface area contributed by atoms with E-state index in [0.717, 1.165) is 37.3 Å². The van der Waals surface area contributed by atoms with Crippen LogP contribution in [-0.2, 0) is 13.1 Å². The Labute approximate surface area is 198 Å². The lowest BCUT2D eigenvalue weighted by Crippen LogP contribution is -2.47. The second-order valence-corrected chi connectivity index (χ2v) is 8.73. The molecule has 2 aromatic carbocycles. The Balaban J connectivity index is 1.36. The number of benzene rings is 2. The van der Waals surface area contributed by atoms with Crippen LogP contribution < -0.4 is 5.32 Å². The zero-order valence-corrected chi connectivity index (χ0v) is 19.7. The number of nitrogens with zero attached hydrogens (tertiary/aromatic N) is 4. The van der Waals surface area contributed by atoms with Gasteiger partial charge in [-0.15, -0.1) is 0 Å². The van der Waals surface area contributed by atoms with Crippen molar-refractivity contribution in [2.24, 2.45) is 0 Å². The van der Waals surface area contributed by atoms with Gasteiger partial charge in [0.15, 0.2) is 0 Å². The summed E-state index contributed by atoms with van der Waals surface area (Å²) in [4.78, 5) is 29.6. The van der Waals surface area contributed by atoms with Crippen LogP contribution in [0.2, 0.25) is 5.15 Å². The van der Waals surface area contributed by atoms with Crippen LogP contribution in [0.15, 0.2) is 54.6 Å². The molecule has 0 unspecified atom stereocenters. The SMILES string of the molecule is Cc1nn(Cc2ccccc2)c(Cl)c1C(=O)NCc1ccc(C(=O)N2CCN(C)CC2)cc1. The number of carbonyl (C=O) groups excluding carboxylic acids is 2. The predicted octanol–water partition coefficient (Wildman–Crippen LogP) is 3.21. The molecule has 0 saturated carbocycles. The summed E-state index contributed by atoms with van der Waals surface area (Å²) >= 11 is 6.49. The molecule has 1 N–H and O–H groups in total. The first kappa shape index (κ1) is 23.0. The molecular weight excluding hydrogens is 438 g/mol. The van der Waals surface area contributed by atoms with E-state index in [4.69, 9.17) is 11.6 Å². The lowest BCUT2D eigenvalue weighted by Gasteiger charge is -2.32. The van der Waals surface area contributed by atoms with Gasteiger partial charge in [0.1, 0.15) is 5.15 Å². The topological polar surface area (TPSA) is 70.5 Å². The Morgan fingerprint density at radius 3 is 2.30 bits per heavy atom. The highest BCUT2D eigenvalue weighted by Gasteiger charge is 2.21. The number of hydrogen-bond acceptors (Lipinski definition) is 4. The lowest BCUT2D eigenvalue weighted by molar-refractivity contribution is 0.0664. The van der Waals surface area contributed by atoms with E-state index in [1.54, 1.807) is 11.6 Å². The van der Waals surface area contributed by atoms with Crippen LogP contribution in [0.4, 0.5) is 0 Å². The van der Waals surface area contributed by atoms with Crippen molar-refractivity contribution in [1.29, 1.82) is 0 Å². The minimum absolute atomic E-state index is 0.0481. The molecule has 0 atom stereocenters. The average molecular weight is 466 g/mol. The van der Waals surface area contributed by atoms with Gasteiger partial charge in [0.2, 0.25) is 0 Å². The second-order valence-electron chi connectivity index (χ2n) is 8.37. The van der Waals surface area contributed by atoms with Gasteiger partial charge in [0.05, 0.1) is 17.8 Å². The molecule has 172 valence electrons. The molecule has 1 aliphatic heterocycles. The quantitative estimate of drug-likeness (QED) is 0.607. The van der Waals surface area contributed by atoms with Gasteiger partial charge in [-0.05, 0) is 37.2 Å². The van der Waals surface area contributed by atoms with Crippen molar-refractivity contribution in [3.05, 3.63) is 87.7 Å². The average Bonchev–Trinajstić information content (AvgIpc) is 3.11. The Morgan fingerprint density at radius 2 is 1.64 bits per heavy atom. The number of halogens is 1. The minimum atomic E-state index is -0.269. The van der Waals surface area contributed by atoms with E-state index in [1.165, 1.54) is 0 Å². The maximum absolute atomic E-state index is 12.8. The number of aromatic nitrogens is 2. The molecule has 1 saturated heterocycles. The molecule has 4 rings (SSSR count). The molecule has 1 aromatic heterocycles. The summed E-state index contributed by atoms with van der Waals surface area (Å²) in [6.45, 7) is 5.87. The van der Waals surface area contributed by atoms with Crippen molar-refractivity contribution >= 4 is 23.4 Å². The van der Waals surface area contributed by atoms with Crippen LogP contribution in [-0.4, -0.2) is 64.6 Å². The third kappa shape index (κ3) is 5.43. The molecule has 7 nitrogen and oxygen atoms in total. The fraction of sp³-hybridized carbons (Fsp3) is 0.320. The third-order valence-electron chi connectivity index (χ3n) is 5.91. The molecule has 1 fully saturated rings. The third-order valence-corrected chi connectivity index (χ3v) is 6.30. The molecule has 8 heteroatoms. The van der Waals surface area contributed by atoms with E-state index in [2.05, 4.69) is 22.4 Å². The number of carbonyl (C=O) groups is 2. The summed E-state index contributed by atoms with van der Waals surface area (Å²) in [6.07, 6.45) is 0. The largest absolute Gasteiger partial charge is 0.348 e. The maximum Gasteiger partial charge on any atom is 0.256 e. The summed E-state index contributed by atoms with van der Waals surface area (Å²) in [6, 6.07) is 17.2. The zero-order chi connectivity index (χ0) is 23.4. The zero-order valence-electron chi connectivity index (χ0n) is 18.9. The van der Waals surface area contributed by atoms with Crippen molar-refractivity contribution < 1.29 is 9.59 Å². The van der Waals surface area contributed by atoms with Crippen LogP contribution in [0.5, 0.6) is 0 Å². The highest BCUT2D eigenvalue weighted by Crippen LogP contribution is 2.21. The van der Waals surface area contributed by atoms with Gasteiger partial charge in [-0.3, -0.25) is 9.59 Å². The normalized spacial score (nSPS) is 14.3. The van der Waals surface area contributed by atoms with Gasteiger partial charge in [-0.1, -0.05) is 54.1 Å². The molecule has 0 spiro atoms. The maximum atomic E-state index is 12.8. The second kappa shape index (κ2) is 10.2. The highest BCUT2D eigenvalue weighted by atomic mass is 35.5. The number of piperazine rings is 1. The molecule has 2 amide bonds. The minimum Gasteiger partial charge on any atom is -0.348 e. The first-order chi connectivity index (χ1) is 15.9. The van der Waals surface area contributed by atoms with E-state index >= 15 is 0 Å². The van der Waals surface area contributed by atoms with Crippen molar-refractivity contribution in [2.75, 3.05) is 33.2 Å². The standard InChI is InChI=1S/C25H28ClN5O2/c1-18-22(23(26)31(28-18)17-20-6-4-3-5-7-20)24(32)27-16-19-8-10-21(11-9-19)25(33)30-14-12-29(2)13-15-30/h3-11H,12-17H2,1-2H3,(H,27,32). The number of nitrogens with one attached hydrogen (secondary N) is 1. The van der Waals surface area contributed by atoms with E-state index in [0.29, 0.717) is 35.1 Å². The van der Waals surface area contributed by atoms with Gasteiger partial charge >= 0.3 is 0 Å². The summed E-state index contributed by atoms with van der Waals surface area (Å²) in [7, 11) is 2.06. The molecule has 3 aromatic rings. The lowest BCUT2D eigenvalue weighted by atomic mass is 10.1. The summed E-state index contributed by atoms with van der Waals surface area (Å²) in [5.74, 6) is -0.221. The van der Waals surface area contributed by atoms with E-state index in [1.807, 2.05) is 59.5 Å². The Hall–Kier alpha value is -3.16. The van der Waals surface area contributed by atoms with Crippen LogP contribution >= 0.6 is 11.6 Å². The van der Waals surface area contributed by atoms with Crippen LogP contribution in [0.1, 0.15) is 37.5 Å². The molecule has 0 radical (unpaired) electrons. The van der Waals surface area contributed by atoms with Gasteiger partial charge in [-0.25, -0.2) is 4.68 Å². The van der Waals surface area contributed by atoms with Crippen LogP contribution in [0.25, 0.3) is 0 Å². The molecule has 2 heterocycles. The number of rotatable bonds is 6.